The molecule has 1 aromatic heterocycles. The highest BCUT2D eigenvalue weighted by Gasteiger charge is 2.72. The Morgan fingerprint density at radius 2 is 1.76 bits per heavy atom. The highest BCUT2D eigenvalue weighted by Crippen LogP contribution is 2.63. The largest absolute Gasteiger partial charge is 0.325 e. The fourth-order valence-electron chi connectivity index (χ4n) is 10.5. The minimum Gasteiger partial charge on any atom is -0.325 e. The summed E-state index contributed by atoms with van der Waals surface area (Å²) in [5, 5.41) is 12.8. The van der Waals surface area contributed by atoms with Crippen molar-refractivity contribution in [1.29, 1.82) is 0 Å². The number of carbonyl (C=O) groups excluding carboxylic acids is 6. The van der Waals surface area contributed by atoms with Gasteiger partial charge in [-0.3, -0.25) is 39.4 Å². The van der Waals surface area contributed by atoms with Crippen LogP contribution < -0.4 is 21.3 Å². The molecule has 2 saturated heterocycles. The van der Waals surface area contributed by atoms with Crippen molar-refractivity contribution in [2.24, 2.45) is 0 Å². The van der Waals surface area contributed by atoms with Crippen LogP contribution in [0.3, 0.4) is 0 Å². The molecule has 0 radical (unpaired) electrons. The van der Waals surface area contributed by atoms with Gasteiger partial charge >= 0.3 is 0 Å². The Kier molecular flexibility index (Phi) is 11.3. The number of fused-ring (bicyclic) bond motifs is 4. The minimum absolute atomic E-state index is 0.0766. The van der Waals surface area contributed by atoms with Crippen molar-refractivity contribution in [1.82, 2.24) is 15.5 Å². The first-order valence-corrected chi connectivity index (χ1v) is 22.5. The summed E-state index contributed by atoms with van der Waals surface area (Å²) >= 11 is 13.9. The summed E-state index contributed by atoms with van der Waals surface area (Å²) in [5.41, 5.74) is 1.09. The maximum Gasteiger partial charge on any atom is 0.255 e. The third kappa shape index (κ3) is 7.11. The molecule has 1 saturated carbocycles. The fraction of sp³-hybridized carbons (Fsp3) is 0.362. The summed E-state index contributed by atoms with van der Waals surface area (Å²) in [5.74, 6) is 2.76. The van der Waals surface area contributed by atoms with Crippen molar-refractivity contribution < 1.29 is 33.2 Å². The second kappa shape index (κ2) is 16.7. The summed E-state index contributed by atoms with van der Waals surface area (Å²) in [6, 6.07) is 16.8. The van der Waals surface area contributed by atoms with Crippen LogP contribution in [-0.4, -0.2) is 57.8 Å². The zero-order valence-electron chi connectivity index (χ0n) is 33.5. The average molecular weight is 895 g/mol. The molecule has 11 nitrogen and oxygen atoms in total. The van der Waals surface area contributed by atoms with Crippen LogP contribution in [0.25, 0.3) is 0 Å². The molecule has 5 amide bonds. The normalized spacial score (nSPS) is 23.5. The van der Waals surface area contributed by atoms with Crippen LogP contribution >= 0.6 is 34.5 Å². The van der Waals surface area contributed by atoms with E-state index in [1.54, 1.807) is 48.5 Å². The number of halogens is 3. The Labute approximate surface area is 371 Å². The van der Waals surface area contributed by atoms with Crippen LogP contribution in [0.4, 0.5) is 15.1 Å². The van der Waals surface area contributed by atoms with Crippen LogP contribution in [0.1, 0.15) is 119 Å². The van der Waals surface area contributed by atoms with E-state index in [9.17, 15) is 28.8 Å². The fourth-order valence-corrected chi connectivity index (χ4v) is 11.7. The zero-order chi connectivity index (χ0) is 43.3. The molecule has 0 bridgehead atoms. The van der Waals surface area contributed by atoms with Gasteiger partial charge in [0.05, 0.1) is 20.9 Å². The number of hydrogen-bond acceptors (Lipinski definition) is 8. The smallest absolute Gasteiger partial charge is 0.255 e. The summed E-state index contributed by atoms with van der Waals surface area (Å²) in [6.07, 6.45) is 6.28. The molecule has 4 aliphatic heterocycles. The number of nitrogens with zero attached hydrogens (tertiary/aromatic N) is 1. The second-order valence-corrected chi connectivity index (χ2v) is 18.6. The molecule has 318 valence electrons. The van der Waals surface area contributed by atoms with Crippen molar-refractivity contribution >= 4 is 80.5 Å². The number of carbonyl (C=O) groups is 6. The van der Waals surface area contributed by atoms with Crippen molar-refractivity contribution in [3.63, 3.8) is 0 Å². The molecule has 1 aliphatic carbocycles. The third-order valence-electron chi connectivity index (χ3n) is 13.2. The van der Waals surface area contributed by atoms with E-state index >= 15 is 4.39 Å². The van der Waals surface area contributed by atoms with Gasteiger partial charge in [-0.05, 0) is 91.3 Å². The number of thiophene rings is 1. The predicted molar refractivity (Wildman–Crippen MR) is 234 cm³/mol. The number of benzene rings is 3. The molecule has 1 unspecified atom stereocenters. The van der Waals surface area contributed by atoms with Crippen molar-refractivity contribution in [3.8, 4) is 11.8 Å². The van der Waals surface area contributed by atoms with E-state index < -0.39 is 46.6 Å². The molecular weight excluding hydrogens is 853 g/mol. The minimum atomic E-state index is -1.36. The first-order chi connectivity index (χ1) is 29.9. The first kappa shape index (κ1) is 41.9. The van der Waals surface area contributed by atoms with E-state index in [0.717, 1.165) is 36.2 Å². The number of hydrogen-bond donors (Lipinski definition) is 4. The van der Waals surface area contributed by atoms with Gasteiger partial charge in [0.1, 0.15) is 17.3 Å². The lowest BCUT2D eigenvalue weighted by Crippen LogP contribution is -2.60. The van der Waals surface area contributed by atoms with Crippen LogP contribution in [0.5, 0.6) is 0 Å². The number of imide groups is 1. The van der Waals surface area contributed by atoms with E-state index in [0.29, 0.717) is 69.4 Å². The standard InChI is InChI=1S/C47H42Cl2FN5O6S/c48-27-16-17-31-33(24-27)51-45(61)47(31)39(29-13-9-14-32(49)40(29)50)41(54-46(47)22-6-3-7-23-46)43(59)53-38-21-19-36(62-38)35(56)15-5-2-1-4-10-26-11-8-12-28-30(26)25-55(44(28)60)34-18-20-37(57)52-42(34)58/h8-9,11-14,16-17,19,21,24,34,39,41,54H,1-3,5-7,15,18,20,22-23,25H2,(H,51,61)(H,53,59)(H,52,57,58)/t34?,39-,41+,47+/m0/s1. The lowest BCUT2D eigenvalue weighted by molar-refractivity contribution is -0.137. The summed E-state index contributed by atoms with van der Waals surface area (Å²) in [4.78, 5) is 81.7. The molecule has 3 aromatic carbocycles. The Morgan fingerprint density at radius 1 is 0.952 bits per heavy atom. The van der Waals surface area contributed by atoms with Crippen LogP contribution in [0.2, 0.25) is 10.0 Å². The van der Waals surface area contributed by atoms with Gasteiger partial charge in [-0.2, -0.15) is 0 Å². The van der Waals surface area contributed by atoms with Gasteiger partial charge < -0.3 is 15.5 Å². The quantitative estimate of drug-likeness (QED) is 0.0575. The van der Waals surface area contributed by atoms with Crippen molar-refractivity contribution in [2.45, 2.75) is 106 Å². The maximum atomic E-state index is 16.3. The average Bonchev–Trinajstić information content (AvgIpc) is 4.00. The Balaban J connectivity index is 0.871. The molecule has 9 rings (SSSR count). The molecule has 4 atom stereocenters. The van der Waals surface area contributed by atoms with Gasteiger partial charge in [0, 0.05) is 59.1 Å². The number of nitrogens with one attached hydrogen (secondary N) is 4. The number of piperidine rings is 1. The number of anilines is 2. The molecule has 2 spiro atoms. The third-order valence-corrected chi connectivity index (χ3v) is 14.8. The monoisotopic (exact) mass is 893 g/mol. The molecule has 4 aromatic rings. The molecule has 3 fully saturated rings. The predicted octanol–water partition coefficient (Wildman–Crippen LogP) is 8.04. The van der Waals surface area contributed by atoms with Crippen molar-refractivity contribution in [3.05, 3.63) is 115 Å². The van der Waals surface area contributed by atoms with E-state index in [-0.39, 0.29) is 59.9 Å². The zero-order valence-corrected chi connectivity index (χ0v) is 35.8. The van der Waals surface area contributed by atoms with Crippen LogP contribution in [0, 0.1) is 17.7 Å². The highest BCUT2D eigenvalue weighted by molar-refractivity contribution is 7.18. The number of rotatable bonds is 9. The van der Waals surface area contributed by atoms with E-state index in [1.807, 2.05) is 12.1 Å². The van der Waals surface area contributed by atoms with E-state index in [2.05, 4.69) is 33.1 Å². The first-order valence-electron chi connectivity index (χ1n) is 20.9. The SMILES string of the molecule is O=C1CCC(N2Cc3c(C#CCCCCC(=O)c4ccc(NC(=O)[C@@H]5NC6(CCCCC6)[C@@]6(C(=O)Nc7cc(Cl)ccc76)[C@H]5c5cccc(Cl)c5F)s4)cccc3C2=O)C(=O)N1. The van der Waals surface area contributed by atoms with E-state index in [1.165, 1.54) is 11.0 Å². The molecule has 5 aliphatic rings. The number of Topliss-reactive ketones (excluding diaryl/α,β-unsaturated/α-hetero) is 1. The van der Waals surface area contributed by atoms with Gasteiger partial charge in [-0.25, -0.2) is 4.39 Å². The molecule has 5 heterocycles. The van der Waals surface area contributed by atoms with Gasteiger partial charge in [-0.15, -0.1) is 11.3 Å². The topological polar surface area (TPSA) is 154 Å². The molecule has 15 heteroatoms. The van der Waals surface area contributed by atoms with Gasteiger partial charge in [0.2, 0.25) is 23.6 Å². The summed E-state index contributed by atoms with van der Waals surface area (Å²) in [6.45, 7) is 0.240. The lowest BCUT2D eigenvalue weighted by atomic mass is 9.55. The van der Waals surface area contributed by atoms with Crippen LogP contribution in [0.15, 0.2) is 66.7 Å². The van der Waals surface area contributed by atoms with Crippen molar-refractivity contribution in [2.75, 3.05) is 10.6 Å². The number of ketones is 1. The van der Waals surface area contributed by atoms with E-state index in [4.69, 9.17) is 23.2 Å². The van der Waals surface area contributed by atoms with Gasteiger partial charge in [0.25, 0.3) is 5.91 Å². The molecular formula is C47H42Cl2FN5O6S. The maximum absolute atomic E-state index is 16.3. The molecule has 62 heavy (non-hydrogen) atoms. The van der Waals surface area contributed by atoms with Gasteiger partial charge in [0.15, 0.2) is 5.78 Å². The molecule has 4 N–H and O–H groups in total. The Bertz CT molecular complexity index is 2630. The lowest BCUT2D eigenvalue weighted by Gasteiger charge is -2.47. The summed E-state index contributed by atoms with van der Waals surface area (Å²) < 4.78 is 16.3. The summed E-state index contributed by atoms with van der Waals surface area (Å²) in [7, 11) is 0. The highest BCUT2D eigenvalue weighted by atomic mass is 35.5. The van der Waals surface area contributed by atoms with Crippen LogP contribution in [-0.2, 0) is 31.1 Å². The number of unbranched alkanes of at least 4 members (excludes halogenated alkanes) is 2. The second-order valence-electron chi connectivity index (χ2n) is 16.7. The van der Waals surface area contributed by atoms with Gasteiger partial charge in [-0.1, -0.05) is 78.6 Å². The number of amides is 5. The Morgan fingerprint density at radius 3 is 2.56 bits per heavy atom. The Hall–Kier alpha value is -5.39.